The summed E-state index contributed by atoms with van der Waals surface area (Å²) in [5.74, 6) is 0. The fourth-order valence-corrected chi connectivity index (χ4v) is 4.92. The van der Waals surface area contributed by atoms with E-state index >= 15 is 0 Å². The SMILES string of the molecule is CC1=C2[C@@H](O)[C@H](O)c3ccccc3[C@@H]3OC(=O)O[C@@]3(CC1)C2(C)C. The van der Waals surface area contributed by atoms with Gasteiger partial charge in [0.2, 0.25) is 0 Å². The maximum atomic E-state index is 12.1. The number of hydrogen-bond donors (Lipinski definition) is 2. The van der Waals surface area contributed by atoms with Crippen LogP contribution in [0.25, 0.3) is 0 Å². The van der Waals surface area contributed by atoms with Crippen molar-refractivity contribution in [2.24, 2.45) is 5.41 Å². The number of allylic oxidation sites excluding steroid dienone is 1. The molecule has 2 bridgehead atoms. The van der Waals surface area contributed by atoms with Gasteiger partial charge in [-0.15, -0.1) is 0 Å². The van der Waals surface area contributed by atoms with Gasteiger partial charge in [-0.2, -0.15) is 0 Å². The second-order valence-corrected chi connectivity index (χ2v) is 7.58. The molecule has 2 N–H and O–H groups in total. The standard InChI is InChI=1S/C19H22O5/c1-10-8-9-19-16(23-17(22)24-19)12-7-5-4-6-11(12)14(20)15(21)13(10)18(19,2)3/h4-7,14-16,20-21H,8-9H2,1-3H3/t14-,15-,16+,19-/m1/s1. The minimum atomic E-state index is -1.07. The third-order valence-electron chi connectivity index (χ3n) is 6.16. The van der Waals surface area contributed by atoms with E-state index in [2.05, 4.69) is 0 Å². The zero-order chi connectivity index (χ0) is 17.3. The lowest BCUT2D eigenvalue weighted by atomic mass is 9.56. The Balaban J connectivity index is 2.06. The third-order valence-corrected chi connectivity index (χ3v) is 6.16. The van der Waals surface area contributed by atoms with Gasteiger partial charge in [-0.05, 0) is 30.9 Å². The Bertz CT molecular complexity index is 750. The minimum Gasteiger partial charge on any atom is -0.422 e. The van der Waals surface area contributed by atoms with Crippen LogP contribution in [-0.4, -0.2) is 28.1 Å². The normalized spacial score (nSPS) is 36.9. The molecule has 3 aliphatic rings. The molecule has 5 heteroatoms. The first-order valence-electron chi connectivity index (χ1n) is 8.34. The van der Waals surface area contributed by atoms with E-state index in [4.69, 9.17) is 9.47 Å². The summed E-state index contributed by atoms with van der Waals surface area (Å²) in [6, 6.07) is 7.26. The van der Waals surface area contributed by atoms with E-state index in [1.165, 1.54) is 0 Å². The molecule has 0 radical (unpaired) electrons. The second kappa shape index (κ2) is 4.83. The Morgan fingerprint density at radius 3 is 2.50 bits per heavy atom. The van der Waals surface area contributed by atoms with Gasteiger partial charge in [0.15, 0.2) is 11.7 Å². The monoisotopic (exact) mass is 330 g/mol. The van der Waals surface area contributed by atoms with E-state index in [0.29, 0.717) is 24.0 Å². The number of carbonyl (C=O) groups excluding carboxylic acids is 1. The van der Waals surface area contributed by atoms with Crippen molar-refractivity contribution in [1.29, 1.82) is 0 Å². The molecule has 2 aliphatic carbocycles. The van der Waals surface area contributed by atoms with Crippen molar-refractivity contribution in [2.75, 3.05) is 0 Å². The molecule has 0 amide bonds. The molecule has 0 saturated carbocycles. The molecular formula is C19H22O5. The molecule has 1 aliphatic heterocycles. The number of ether oxygens (including phenoxy) is 2. The van der Waals surface area contributed by atoms with Crippen LogP contribution in [0.15, 0.2) is 35.4 Å². The lowest BCUT2D eigenvalue weighted by Gasteiger charge is -2.52. The summed E-state index contributed by atoms with van der Waals surface area (Å²) in [5.41, 5.74) is 1.55. The first-order valence-corrected chi connectivity index (χ1v) is 8.34. The smallest absolute Gasteiger partial charge is 0.422 e. The lowest BCUT2D eigenvalue weighted by molar-refractivity contribution is -0.0919. The number of rotatable bonds is 0. The summed E-state index contributed by atoms with van der Waals surface area (Å²) in [6.45, 7) is 5.90. The van der Waals surface area contributed by atoms with E-state index in [0.717, 1.165) is 11.1 Å². The number of carbonyl (C=O) groups is 1. The largest absolute Gasteiger partial charge is 0.509 e. The van der Waals surface area contributed by atoms with Gasteiger partial charge in [0.05, 0.1) is 0 Å². The predicted octanol–water partition coefficient (Wildman–Crippen LogP) is 3.18. The Morgan fingerprint density at radius 2 is 1.79 bits per heavy atom. The quantitative estimate of drug-likeness (QED) is 0.564. The van der Waals surface area contributed by atoms with Gasteiger partial charge in [0, 0.05) is 11.0 Å². The molecule has 0 aromatic heterocycles. The molecule has 1 fully saturated rings. The first-order chi connectivity index (χ1) is 11.3. The van der Waals surface area contributed by atoms with Gasteiger partial charge in [0.25, 0.3) is 0 Å². The van der Waals surface area contributed by atoms with Crippen LogP contribution in [0.4, 0.5) is 4.79 Å². The van der Waals surface area contributed by atoms with Gasteiger partial charge >= 0.3 is 6.16 Å². The van der Waals surface area contributed by atoms with Gasteiger partial charge < -0.3 is 19.7 Å². The highest BCUT2D eigenvalue weighted by atomic mass is 16.8. The predicted molar refractivity (Wildman–Crippen MR) is 86.2 cm³/mol. The Morgan fingerprint density at radius 1 is 1.12 bits per heavy atom. The number of fused-ring (bicyclic) bond motifs is 3. The third kappa shape index (κ3) is 1.74. The van der Waals surface area contributed by atoms with Crippen molar-refractivity contribution in [3.05, 3.63) is 46.5 Å². The van der Waals surface area contributed by atoms with Crippen LogP contribution in [0, 0.1) is 5.41 Å². The first kappa shape index (κ1) is 15.7. The molecule has 1 aromatic rings. The molecular weight excluding hydrogens is 308 g/mol. The average Bonchev–Trinajstić information content (AvgIpc) is 2.88. The lowest BCUT2D eigenvalue weighted by Crippen LogP contribution is -2.55. The van der Waals surface area contributed by atoms with Crippen LogP contribution in [0.5, 0.6) is 0 Å². The number of benzene rings is 1. The molecule has 1 saturated heterocycles. The van der Waals surface area contributed by atoms with Crippen molar-refractivity contribution in [3.63, 3.8) is 0 Å². The molecule has 1 spiro atoms. The second-order valence-electron chi connectivity index (χ2n) is 7.58. The summed E-state index contributed by atoms with van der Waals surface area (Å²) in [5, 5.41) is 21.8. The van der Waals surface area contributed by atoms with E-state index < -0.39 is 35.5 Å². The summed E-state index contributed by atoms with van der Waals surface area (Å²) in [6.07, 6.45) is -2.07. The summed E-state index contributed by atoms with van der Waals surface area (Å²) < 4.78 is 11.4. The molecule has 1 aromatic carbocycles. The van der Waals surface area contributed by atoms with Gasteiger partial charge in [0.1, 0.15) is 12.2 Å². The van der Waals surface area contributed by atoms with Crippen molar-refractivity contribution >= 4 is 6.16 Å². The van der Waals surface area contributed by atoms with Crippen LogP contribution in [0.2, 0.25) is 0 Å². The van der Waals surface area contributed by atoms with Crippen LogP contribution >= 0.6 is 0 Å². The minimum absolute atomic E-state index is 0.584. The van der Waals surface area contributed by atoms with Crippen molar-refractivity contribution in [3.8, 4) is 0 Å². The highest BCUT2D eigenvalue weighted by Gasteiger charge is 2.65. The molecule has 24 heavy (non-hydrogen) atoms. The highest BCUT2D eigenvalue weighted by molar-refractivity contribution is 5.66. The van der Waals surface area contributed by atoms with Gasteiger partial charge in [-0.1, -0.05) is 43.7 Å². The molecule has 5 nitrogen and oxygen atoms in total. The van der Waals surface area contributed by atoms with Crippen LogP contribution < -0.4 is 0 Å². The number of aliphatic hydroxyl groups excluding tert-OH is 2. The maximum absolute atomic E-state index is 12.1. The number of aliphatic hydroxyl groups is 2. The van der Waals surface area contributed by atoms with Crippen molar-refractivity contribution < 1.29 is 24.5 Å². The fraction of sp³-hybridized carbons (Fsp3) is 0.526. The summed E-state index contributed by atoms with van der Waals surface area (Å²) >= 11 is 0. The maximum Gasteiger partial charge on any atom is 0.509 e. The van der Waals surface area contributed by atoms with Crippen LogP contribution in [-0.2, 0) is 9.47 Å². The zero-order valence-electron chi connectivity index (χ0n) is 14.1. The fourth-order valence-electron chi connectivity index (χ4n) is 4.92. The van der Waals surface area contributed by atoms with E-state index in [1.54, 1.807) is 6.07 Å². The Labute approximate surface area is 140 Å². The topological polar surface area (TPSA) is 76.0 Å². The molecule has 0 unspecified atom stereocenters. The highest BCUT2D eigenvalue weighted by Crippen LogP contribution is 2.61. The van der Waals surface area contributed by atoms with E-state index in [9.17, 15) is 15.0 Å². The number of hydrogen-bond acceptors (Lipinski definition) is 5. The zero-order valence-corrected chi connectivity index (χ0v) is 14.1. The molecule has 128 valence electrons. The average molecular weight is 330 g/mol. The molecule has 1 heterocycles. The van der Waals surface area contributed by atoms with Crippen molar-refractivity contribution in [2.45, 2.75) is 57.5 Å². The van der Waals surface area contributed by atoms with Crippen LogP contribution in [0.3, 0.4) is 0 Å². The van der Waals surface area contributed by atoms with Crippen molar-refractivity contribution in [1.82, 2.24) is 0 Å². The summed E-state index contributed by atoms with van der Waals surface area (Å²) in [7, 11) is 0. The Kier molecular flexibility index (Phi) is 3.15. The summed E-state index contributed by atoms with van der Waals surface area (Å²) in [4.78, 5) is 12.1. The molecule has 4 atom stereocenters. The van der Waals surface area contributed by atoms with E-state index in [1.807, 2.05) is 39.0 Å². The van der Waals surface area contributed by atoms with Crippen LogP contribution in [0.1, 0.15) is 56.9 Å². The Hall–Kier alpha value is -1.85. The van der Waals surface area contributed by atoms with Gasteiger partial charge in [-0.25, -0.2) is 4.79 Å². The van der Waals surface area contributed by atoms with E-state index in [-0.39, 0.29) is 0 Å². The van der Waals surface area contributed by atoms with Gasteiger partial charge in [-0.3, -0.25) is 0 Å². The molecule has 4 rings (SSSR count).